The molecule has 1 aromatic heterocycles. The van der Waals surface area contributed by atoms with Crippen LogP contribution in [0.3, 0.4) is 0 Å². The lowest BCUT2D eigenvalue weighted by molar-refractivity contribution is 0.0669. The molecule has 1 atom stereocenters. The van der Waals surface area contributed by atoms with E-state index in [0.29, 0.717) is 6.04 Å². The summed E-state index contributed by atoms with van der Waals surface area (Å²) < 4.78 is 0. The first-order valence-corrected chi connectivity index (χ1v) is 8.82. The normalized spacial score (nSPS) is 23.7. The molecule has 4 heterocycles. The van der Waals surface area contributed by atoms with Crippen LogP contribution in [0.2, 0.25) is 0 Å². The third-order valence-electron chi connectivity index (χ3n) is 4.49. The number of nitrogens with zero attached hydrogens (tertiary/aromatic N) is 5. The SMILES string of the molecule is C[C@@H]1CN=C2C=C(N3CCN(C(=O)c4ccsc4)CC3)N=CN21. The first kappa shape index (κ1) is 14.4. The Kier molecular flexibility index (Phi) is 3.65. The van der Waals surface area contributed by atoms with Gasteiger partial charge in [0.1, 0.15) is 11.7 Å². The topological polar surface area (TPSA) is 51.5 Å². The Morgan fingerprint density at radius 1 is 1.30 bits per heavy atom. The number of hydrogen-bond donors (Lipinski definition) is 0. The van der Waals surface area contributed by atoms with Crippen molar-refractivity contribution >= 4 is 29.4 Å². The van der Waals surface area contributed by atoms with Crippen molar-refractivity contribution in [3.05, 3.63) is 34.3 Å². The van der Waals surface area contributed by atoms with Crippen LogP contribution in [-0.4, -0.2) is 71.5 Å². The van der Waals surface area contributed by atoms with E-state index in [9.17, 15) is 4.79 Å². The fourth-order valence-electron chi connectivity index (χ4n) is 3.07. The summed E-state index contributed by atoms with van der Waals surface area (Å²) in [6.07, 6.45) is 3.94. The van der Waals surface area contributed by atoms with Crippen LogP contribution in [0.4, 0.5) is 0 Å². The number of carbonyl (C=O) groups is 1. The fourth-order valence-corrected chi connectivity index (χ4v) is 3.70. The van der Waals surface area contributed by atoms with Gasteiger partial charge in [0.05, 0.1) is 24.5 Å². The predicted octanol–water partition coefficient (Wildman–Crippen LogP) is 1.49. The third kappa shape index (κ3) is 2.65. The van der Waals surface area contributed by atoms with E-state index < -0.39 is 0 Å². The van der Waals surface area contributed by atoms with Gasteiger partial charge in [0.2, 0.25) is 0 Å². The molecule has 1 aromatic rings. The highest BCUT2D eigenvalue weighted by molar-refractivity contribution is 7.08. The minimum Gasteiger partial charge on any atom is -0.353 e. The van der Waals surface area contributed by atoms with Crippen LogP contribution in [0.15, 0.2) is 38.7 Å². The van der Waals surface area contributed by atoms with Crippen LogP contribution in [0.1, 0.15) is 17.3 Å². The van der Waals surface area contributed by atoms with Gasteiger partial charge < -0.3 is 14.7 Å². The van der Waals surface area contributed by atoms with Gasteiger partial charge in [-0.2, -0.15) is 11.3 Å². The lowest BCUT2D eigenvalue weighted by Crippen LogP contribution is -2.48. The van der Waals surface area contributed by atoms with Gasteiger partial charge in [0.25, 0.3) is 5.91 Å². The summed E-state index contributed by atoms with van der Waals surface area (Å²) in [7, 11) is 0. The Balaban J connectivity index is 1.40. The smallest absolute Gasteiger partial charge is 0.254 e. The van der Waals surface area contributed by atoms with Crippen LogP contribution in [-0.2, 0) is 0 Å². The van der Waals surface area contributed by atoms with Crippen molar-refractivity contribution in [1.82, 2.24) is 14.7 Å². The van der Waals surface area contributed by atoms with Gasteiger partial charge in [-0.25, -0.2) is 4.99 Å². The number of carbonyl (C=O) groups excluding carboxylic acids is 1. The van der Waals surface area contributed by atoms with Gasteiger partial charge in [-0.05, 0) is 18.4 Å². The number of fused-ring (bicyclic) bond motifs is 1. The van der Waals surface area contributed by atoms with Gasteiger partial charge in [0.15, 0.2) is 0 Å². The van der Waals surface area contributed by atoms with E-state index in [-0.39, 0.29) is 5.91 Å². The lowest BCUT2D eigenvalue weighted by Gasteiger charge is -2.37. The average molecular weight is 329 g/mol. The van der Waals surface area contributed by atoms with Gasteiger partial charge in [-0.15, -0.1) is 0 Å². The monoisotopic (exact) mass is 329 g/mol. The molecule has 0 N–H and O–H groups in total. The molecule has 1 fully saturated rings. The Bertz CT molecular complexity index is 685. The van der Waals surface area contributed by atoms with E-state index >= 15 is 0 Å². The zero-order valence-electron chi connectivity index (χ0n) is 13.1. The minimum absolute atomic E-state index is 0.132. The summed E-state index contributed by atoms with van der Waals surface area (Å²) in [5.74, 6) is 2.09. The van der Waals surface area contributed by atoms with Crippen molar-refractivity contribution in [1.29, 1.82) is 0 Å². The van der Waals surface area contributed by atoms with Gasteiger partial charge in [-0.3, -0.25) is 9.79 Å². The summed E-state index contributed by atoms with van der Waals surface area (Å²) in [5.41, 5.74) is 0.795. The van der Waals surface area contributed by atoms with Crippen molar-refractivity contribution in [2.45, 2.75) is 13.0 Å². The molecule has 0 unspecified atom stereocenters. The van der Waals surface area contributed by atoms with Crippen molar-refractivity contribution in [3.8, 4) is 0 Å². The largest absolute Gasteiger partial charge is 0.353 e. The van der Waals surface area contributed by atoms with Crippen LogP contribution in [0.5, 0.6) is 0 Å². The highest BCUT2D eigenvalue weighted by Gasteiger charge is 2.28. The first-order valence-electron chi connectivity index (χ1n) is 7.87. The van der Waals surface area contributed by atoms with Gasteiger partial charge in [0, 0.05) is 37.6 Å². The summed E-state index contributed by atoms with van der Waals surface area (Å²) in [6, 6.07) is 2.29. The number of amides is 1. The van der Waals surface area contributed by atoms with E-state index in [1.165, 1.54) is 0 Å². The molecule has 4 rings (SSSR count). The molecule has 1 saturated heterocycles. The maximum atomic E-state index is 12.4. The molecule has 0 radical (unpaired) electrons. The summed E-state index contributed by atoms with van der Waals surface area (Å²) >= 11 is 1.56. The van der Waals surface area contributed by atoms with E-state index in [2.05, 4.69) is 32.8 Å². The zero-order valence-corrected chi connectivity index (χ0v) is 13.9. The molecular weight excluding hydrogens is 310 g/mol. The quantitative estimate of drug-likeness (QED) is 0.826. The van der Waals surface area contributed by atoms with Gasteiger partial charge in [-0.1, -0.05) is 0 Å². The van der Waals surface area contributed by atoms with Gasteiger partial charge >= 0.3 is 0 Å². The molecule has 3 aliphatic heterocycles. The number of aliphatic imine (C=N–C) groups is 2. The Morgan fingerprint density at radius 3 is 2.87 bits per heavy atom. The average Bonchev–Trinajstić information content (AvgIpc) is 3.24. The highest BCUT2D eigenvalue weighted by atomic mass is 32.1. The maximum Gasteiger partial charge on any atom is 0.254 e. The van der Waals surface area contributed by atoms with Crippen LogP contribution >= 0.6 is 11.3 Å². The van der Waals surface area contributed by atoms with Crippen molar-refractivity contribution in [3.63, 3.8) is 0 Å². The summed E-state index contributed by atoms with van der Waals surface area (Å²) in [5, 5.41) is 3.86. The Hall–Kier alpha value is -2.15. The number of hydrogen-bond acceptors (Lipinski definition) is 6. The Morgan fingerprint density at radius 2 is 2.13 bits per heavy atom. The third-order valence-corrected chi connectivity index (χ3v) is 5.17. The molecule has 0 aliphatic carbocycles. The molecule has 0 spiro atoms. The number of rotatable bonds is 2. The fraction of sp³-hybridized carbons (Fsp3) is 0.438. The van der Waals surface area contributed by atoms with E-state index in [1.54, 1.807) is 11.3 Å². The standard InChI is InChI=1S/C16H19N5OS/c1-12-9-17-15-8-14(18-11-21(12)15)19-3-5-20(6-4-19)16(22)13-2-7-23-10-13/h2,7-8,10-12H,3-6,9H2,1H3/t12-/m1/s1. The maximum absolute atomic E-state index is 12.4. The van der Waals surface area contributed by atoms with Crippen molar-refractivity contribution in [2.75, 3.05) is 32.7 Å². The van der Waals surface area contributed by atoms with Crippen LogP contribution < -0.4 is 0 Å². The molecule has 120 valence electrons. The second-order valence-corrected chi connectivity index (χ2v) is 6.77. The molecule has 6 nitrogen and oxygen atoms in total. The lowest BCUT2D eigenvalue weighted by atomic mass is 10.2. The van der Waals surface area contributed by atoms with Crippen molar-refractivity contribution in [2.24, 2.45) is 9.98 Å². The molecule has 0 saturated carbocycles. The second-order valence-electron chi connectivity index (χ2n) is 5.99. The number of thiophene rings is 1. The minimum atomic E-state index is 0.132. The molecule has 23 heavy (non-hydrogen) atoms. The van der Waals surface area contributed by atoms with Crippen LogP contribution in [0.25, 0.3) is 0 Å². The van der Waals surface area contributed by atoms with Crippen LogP contribution in [0, 0.1) is 0 Å². The molecular formula is C16H19N5OS. The number of amidine groups is 1. The molecule has 0 aromatic carbocycles. The Labute approximate surface area is 139 Å². The first-order chi connectivity index (χ1) is 11.2. The zero-order chi connectivity index (χ0) is 15.8. The van der Waals surface area contributed by atoms with E-state index in [1.807, 2.05) is 28.1 Å². The summed E-state index contributed by atoms with van der Waals surface area (Å²) in [6.45, 7) is 6.05. The van der Waals surface area contributed by atoms with E-state index in [4.69, 9.17) is 0 Å². The van der Waals surface area contributed by atoms with E-state index in [0.717, 1.165) is 49.9 Å². The predicted molar refractivity (Wildman–Crippen MR) is 92.0 cm³/mol. The molecule has 1 amide bonds. The molecule has 7 heteroatoms. The second kappa shape index (κ2) is 5.81. The highest BCUT2D eigenvalue weighted by Crippen LogP contribution is 2.20. The summed E-state index contributed by atoms with van der Waals surface area (Å²) in [4.78, 5) is 27.8. The molecule has 3 aliphatic rings. The molecule has 0 bridgehead atoms. The number of piperazine rings is 1. The van der Waals surface area contributed by atoms with Crippen molar-refractivity contribution < 1.29 is 4.79 Å².